The summed E-state index contributed by atoms with van der Waals surface area (Å²) in [6.07, 6.45) is 5.27. The molecule has 5 heteroatoms. The maximum Gasteiger partial charge on any atom is 0.248 e. The molecule has 27 heavy (non-hydrogen) atoms. The first-order valence-electron chi connectivity index (χ1n) is 9.24. The van der Waals surface area contributed by atoms with E-state index in [2.05, 4.69) is 17.1 Å². The molecule has 1 aliphatic heterocycles. The van der Waals surface area contributed by atoms with Gasteiger partial charge in [0, 0.05) is 37.7 Å². The SMILES string of the molecule is O=C(CC(Cc1ccccc1)c1ccco1)N1CCc2cc(=O)[nH]cc2C1. The van der Waals surface area contributed by atoms with Gasteiger partial charge in [0.25, 0.3) is 0 Å². The lowest BCUT2D eigenvalue weighted by atomic mass is 9.92. The van der Waals surface area contributed by atoms with E-state index in [0.717, 1.165) is 29.7 Å². The third-order valence-corrected chi connectivity index (χ3v) is 5.16. The van der Waals surface area contributed by atoms with Crippen molar-refractivity contribution in [2.24, 2.45) is 0 Å². The molecule has 1 aromatic carbocycles. The Kier molecular flexibility index (Phi) is 4.92. The molecule has 2 aromatic heterocycles. The van der Waals surface area contributed by atoms with E-state index in [4.69, 9.17) is 4.42 Å². The summed E-state index contributed by atoms with van der Waals surface area (Å²) in [5.41, 5.74) is 3.16. The van der Waals surface area contributed by atoms with Gasteiger partial charge in [-0.05, 0) is 41.7 Å². The molecule has 1 atom stereocenters. The lowest BCUT2D eigenvalue weighted by Gasteiger charge is -2.29. The number of hydrogen-bond acceptors (Lipinski definition) is 3. The second-order valence-electron chi connectivity index (χ2n) is 7.02. The molecule has 0 fully saturated rings. The number of nitrogens with zero attached hydrogens (tertiary/aromatic N) is 1. The Hall–Kier alpha value is -3.08. The zero-order valence-corrected chi connectivity index (χ0v) is 15.1. The van der Waals surface area contributed by atoms with Gasteiger partial charge in [0.2, 0.25) is 11.5 Å². The zero-order valence-electron chi connectivity index (χ0n) is 15.1. The van der Waals surface area contributed by atoms with Gasteiger partial charge >= 0.3 is 0 Å². The number of H-pyrrole nitrogens is 1. The van der Waals surface area contributed by atoms with Crippen LogP contribution in [-0.4, -0.2) is 22.3 Å². The van der Waals surface area contributed by atoms with E-state index < -0.39 is 0 Å². The van der Waals surface area contributed by atoms with Crippen LogP contribution in [-0.2, 0) is 24.2 Å². The lowest BCUT2D eigenvalue weighted by Crippen LogP contribution is -2.37. The highest BCUT2D eigenvalue weighted by Crippen LogP contribution is 2.27. The number of carbonyl (C=O) groups is 1. The van der Waals surface area contributed by atoms with Crippen molar-refractivity contribution in [3.05, 3.63) is 93.8 Å². The van der Waals surface area contributed by atoms with Crippen molar-refractivity contribution in [2.45, 2.75) is 31.7 Å². The summed E-state index contributed by atoms with van der Waals surface area (Å²) in [7, 11) is 0. The van der Waals surface area contributed by atoms with Crippen LogP contribution in [0.25, 0.3) is 0 Å². The van der Waals surface area contributed by atoms with Gasteiger partial charge in [-0.1, -0.05) is 30.3 Å². The highest BCUT2D eigenvalue weighted by molar-refractivity contribution is 5.77. The molecular weight excluding hydrogens is 340 g/mol. The molecule has 3 heterocycles. The van der Waals surface area contributed by atoms with Crippen LogP contribution in [0, 0.1) is 0 Å². The highest BCUT2D eigenvalue weighted by Gasteiger charge is 2.25. The quantitative estimate of drug-likeness (QED) is 0.757. The van der Waals surface area contributed by atoms with Crippen molar-refractivity contribution < 1.29 is 9.21 Å². The van der Waals surface area contributed by atoms with E-state index >= 15 is 0 Å². The molecule has 1 amide bonds. The maximum atomic E-state index is 13.0. The highest BCUT2D eigenvalue weighted by atomic mass is 16.3. The first-order chi connectivity index (χ1) is 13.2. The van der Waals surface area contributed by atoms with Crippen LogP contribution in [0.1, 0.15) is 34.8 Å². The first kappa shape index (κ1) is 17.3. The predicted octanol–water partition coefficient (Wildman–Crippen LogP) is 3.27. The number of aromatic nitrogens is 1. The standard InChI is InChI=1S/C22H22N2O3/c25-21-12-17-8-9-24(15-19(17)14-23-21)22(26)13-18(20-7-4-10-27-20)11-16-5-2-1-3-6-16/h1-7,10,12,14,18H,8-9,11,13,15H2,(H,23,25). The van der Waals surface area contributed by atoms with Gasteiger partial charge < -0.3 is 14.3 Å². The molecule has 0 saturated heterocycles. The molecule has 1 N–H and O–H groups in total. The number of hydrogen-bond donors (Lipinski definition) is 1. The number of pyridine rings is 1. The van der Waals surface area contributed by atoms with Crippen LogP contribution < -0.4 is 5.56 Å². The van der Waals surface area contributed by atoms with E-state index in [1.54, 1.807) is 18.5 Å². The number of rotatable bonds is 5. The van der Waals surface area contributed by atoms with Gasteiger partial charge in [-0.15, -0.1) is 0 Å². The third-order valence-electron chi connectivity index (χ3n) is 5.16. The van der Waals surface area contributed by atoms with E-state index in [9.17, 15) is 9.59 Å². The number of furan rings is 1. The fourth-order valence-corrected chi connectivity index (χ4v) is 3.71. The molecule has 0 spiro atoms. The molecule has 0 saturated carbocycles. The molecule has 1 unspecified atom stereocenters. The number of benzene rings is 1. The summed E-state index contributed by atoms with van der Waals surface area (Å²) in [5.74, 6) is 0.963. The monoisotopic (exact) mass is 362 g/mol. The Bertz CT molecular complexity index is 961. The zero-order chi connectivity index (χ0) is 18.6. The Morgan fingerprint density at radius 2 is 2.00 bits per heavy atom. The van der Waals surface area contributed by atoms with Crippen LogP contribution in [0.3, 0.4) is 0 Å². The normalized spacial score (nSPS) is 14.6. The molecular formula is C22H22N2O3. The van der Waals surface area contributed by atoms with Gasteiger partial charge in [-0.2, -0.15) is 0 Å². The maximum absolute atomic E-state index is 13.0. The Labute approximate surface area is 157 Å². The largest absolute Gasteiger partial charge is 0.469 e. The molecule has 4 rings (SSSR count). The summed E-state index contributed by atoms with van der Waals surface area (Å²) in [4.78, 5) is 29.0. The number of nitrogens with one attached hydrogen (secondary N) is 1. The lowest BCUT2D eigenvalue weighted by molar-refractivity contribution is -0.132. The minimum Gasteiger partial charge on any atom is -0.469 e. The summed E-state index contributed by atoms with van der Waals surface area (Å²) < 4.78 is 5.62. The number of carbonyl (C=O) groups excluding carboxylic acids is 1. The van der Waals surface area contributed by atoms with Crippen LogP contribution >= 0.6 is 0 Å². The van der Waals surface area contributed by atoms with Crippen molar-refractivity contribution in [3.63, 3.8) is 0 Å². The average molecular weight is 362 g/mol. The van der Waals surface area contributed by atoms with Gasteiger partial charge in [0.1, 0.15) is 5.76 Å². The van der Waals surface area contributed by atoms with E-state index in [-0.39, 0.29) is 17.4 Å². The van der Waals surface area contributed by atoms with Crippen molar-refractivity contribution in [3.8, 4) is 0 Å². The molecule has 0 bridgehead atoms. The summed E-state index contributed by atoms with van der Waals surface area (Å²) in [6, 6.07) is 15.6. The van der Waals surface area contributed by atoms with E-state index in [1.165, 1.54) is 5.56 Å². The summed E-state index contributed by atoms with van der Waals surface area (Å²) >= 11 is 0. The van der Waals surface area contributed by atoms with Crippen molar-refractivity contribution >= 4 is 5.91 Å². The molecule has 3 aromatic rings. The van der Waals surface area contributed by atoms with Gasteiger partial charge in [0.05, 0.1) is 6.26 Å². The number of amides is 1. The molecule has 1 aliphatic rings. The van der Waals surface area contributed by atoms with Crippen molar-refractivity contribution in [2.75, 3.05) is 6.54 Å². The van der Waals surface area contributed by atoms with Crippen LogP contribution in [0.4, 0.5) is 0 Å². The minimum atomic E-state index is -0.0886. The van der Waals surface area contributed by atoms with Crippen LogP contribution in [0.5, 0.6) is 0 Å². The predicted molar refractivity (Wildman–Crippen MR) is 102 cm³/mol. The number of aromatic amines is 1. The van der Waals surface area contributed by atoms with E-state index in [0.29, 0.717) is 19.5 Å². The van der Waals surface area contributed by atoms with Gasteiger partial charge in [-0.3, -0.25) is 9.59 Å². The van der Waals surface area contributed by atoms with Crippen LogP contribution in [0.15, 0.2) is 70.2 Å². The Morgan fingerprint density at radius 3 is 2.78 bits per heavy atom. The summed E-state index contributed by atoms with van der Waals surface area (Å²) in [6.45, 7) is 1.19. The van der Waals surface area contributed by atoms with E-state index in [1.807, 2.05) is 35.2 Å². The smallest absolute Gasteiger partial charge is 0.248 e. The fourth-order valence-electron chi connectivity index (χ4n) is 3.71. The fraction of sp³-hybridized carbons (Fsp3) is 0.273. The number of fused-ring (bicyclic) bond motifs is 1. The first-order valence-corrected chi connectivity index (χ1v) is 9.24. The Morgan fingerprint density at radius 1 is 1.15 bits per heavy atom. The minimum absolute atomic E-state index is 0.00637. The van der Waals surface area contributed by atoms with Gasteiger partial charge in [0.15, 0.2) is 0 Å². The Balaban J connectivity index is 1.49. The van der Waals surface area contributed by atoms with Crippen molar-refractivity contribution in [1.82, 2.24) is 9.88 Å². The molecule has 5 nitrogen and oxygen atoms in total. The molecule has 0 aliphatic carbocycles. The van der Waals surface area contributed by atoms with Crippen molar-refractivity contribution in [1.29, 1.82) is 0 Å². The topological polar surface area (TPSA) is 66.3 Å². The third kappa shape index (κ3) is 4.03. The second kappa shape index (κ2) is 7.66. The van der Waals surface area contributed by atoms with Gasteiger partial charge in [-0.25, -0.2) is 0 Å². The summed E-state index contributed by atoms with van der Waals surface area (Å²) in [5, 5.41) is 0. The second-order valence-corrected chi connectivity index (χ2v) is 7.02. The average Bonchev–Trinajstić information content (AvgIpc) is 3.22. The van der Waals surface area contributed by atoms with Crippen LogP contribution in [0.2, 0.25) is 0 Å². The molecule has 0 radical (unpaired) electrons. The molecule has 138 valence electrons.